The van der Waals surface area contributed by atoms with Crippen molar-refractivity contribution >= 4 is 51.4 Å². The second-order valence-electron chi connectivity index (χ2n) is 4.91. The lowest BCUT2D eigenvalue weighted by Gasteiger charge is -2.10. The number of carbonyl (C=O) groups is 1. The van der Waals surface area contributed by atoms with Crippen LogP contribution in [0.4, 0.5) is 11.4 Å². The van der Waals surface area contributed by atoms with Gasteiger partial charge in [-0.3, -0.25) is 9.78 Å². The van der Waals surface area contributed by atoms with E-state index < -0.39 is 0 Å². The zero-order chi connectivity index (χ0) is 16.2. The minimum Gasteiger partial charge on any atom is -0.374 e. The zero-order valence-electron chi connectivity index (χ0n) is 12.0. The molecule has 0 saturated heterocycles. The van der Waals surface area contributed by atoms with Crippen molar-refractivity contribution < 1.29 is 4.79 Å². The summed E-state index contributed by atoms with van der Waals surface area (Å²) in [6, 6.07) is 14.5. The molecule has 0 saturated carbocycles. The van der Waals surface area contributed by atoms with Gasteiger partial charge in [0.25, 0.3) is 0 Å². The molecule has 0 aliphatic rings. The van der Waals surface area contributed by atoms with E-state index >= 15 is 0 Å². The molecular weight excluding hydrogens is 333 g/mol. The summed E-state index contributed by atoms with van der Waals surface area (Å²) in [7, 11) is 0. The van der Waals surface area contributed by atoms with E-state index in [-0.39, 0.29) is 12.5 Å². The Morgan fingerprint density at radius 2 is 1.87 bits per heavy atom. The van der Waals surface area contributed by atoms with Gasteiger partial charge < -0.3 is 10.6 Å². The normalized spacial score (nSPS) is 10.5. The summed E-state index contributed by atoms with van der Waals surface area (Å²) in [5, 5.41) is 7.78. The number of aromatic nitrogens is 1. The Labute approximate surface area is 143 Å². The molecule has 1 amide bonds. The first-order valence-corrected chi connectivity index (χ1v) is 7.71. The quantitative estimate of drug-likeness (QED) is 0.726. The summed E-state index contributed by atoms with van der Waals surface area (Å²) in [5.74, 6) is -0.220. The molecule has 0 aliphatic carbocycles. The standard InChI is InChI=1S/C17H13Cl2N3O/c18-12-6-7-13(19)15(9-12)22-16(23)10-21-14-5-1-3-11-4-2-8-20-17(11)14/h1-9,21H,10H2,(H,22,23). The number of amides is 1. The molecule has 1 heterocycles. The highest BCUT2D eigenvalue weighted by Gasteiger charge is 2.08. The lowest BCUT2D eigenvalue weighted by atomic mass is 10.2. The predicted molar refractivity (Wildman–Crippen MR) is 95.3 cm³/mol. The maximum absolute atomic E-state index is 12.1. The van der Waals surface area contributed by atoms with E-state index in [1.807, 2.05) is 30.3 Å². The number of para-hydroxylation sites is 1. The van der Waals surface area contributed by atoms with Crippen molar-refractivity contribution in [2.75, 3.05) is 17.2 Å². The third kappa shape index (κ3) is 3.73. The van der Waals surface area contributed by atoms with Crippen molar-refractivity contribution in [3.63, 3.8) is 0 Å². The first-order chi connectivity index (χ1) is 11.1. The fourth-order valence-corrected chi connectivity index (χ4v) is 2.55. The van der Waals surface area contributed by atoms with Crippen LogP contribution in [-0.2, 0) is 4.79 Å². The Morgan fingerprint density at radius 3 is 2.74 bits per heavy atom. The number of rotatable bonds is 4. The van der Waals surface area contributed by atoms with Crippen LogP contribution in [0.15, 0.2) is 54.7 Å². The van der Waals surface area contributed by atoms with Gasteiger partial charge in [0.1, 0.15) is 0 Å². The van der Waals surface area contributed by atoms with Gasteiger partial charge in [0.05, 0.1) is 28.5 Å². The highest BCUT2D eigenvalue weighted by molar-refractivity contribution is 6.35. The van der Waals surface area contributed by atoms with Crippen LogP contribution in [-0.4, -0.2) is 17.4 Å². The van der Waals surface area contributed by atoms with Crippen LogP contribution >= 0.6 is 23.2 Å². The number of nitrogens with one attached hydrogen (secondary N) is 2. The predicted octanol–water partition coefficient (Wildman–Crippen LogP) is 4.59. The van der Waals surface area contributed by atoms with E-state index in [2.05, 4.69) is 15.6 Å². The SMILES string of the molecule is O=C(CNc1cccc2cccnc12)Nc1cc(Cl)ccc1Cl. The molecule has 0 aliphatic heterocycles. The van der Waals surface area contributed by atoms with Crippen molar-refractivity contribution in [2.24, 2.45) is 0 Å². The molecule has 0 fully saturated rings. The molecule has 3 rings (SSSR count). The Balaban J connectivity index is 1.70. The average molecular weight is 346 g/mol. The van der Waals surface area contributed by atoms with E-state index in [4.69, 9.17) is 23.2 Å². The van der Waals surface area contributed by atoms with Crippen LogP contribution in [0, 0.1) is 0 Å². The lowest BCUT2D eigenvalue weighted by Crippen LogP contribution is -2.22. The molecule has 0 atom stereocenters. The summed E-state index contributed by atoms with van der Waals surface area (Å²) in [5.41, 5.74) is 2.11. The van der Waals surface area contributed by atoms with E-state index in [0.717, 1.165) is 16.6 Å². The van der Waals surface area contributed by atoms with E-state index in [1.165, 1.54) is 0 Å². The largest absolute Gasteiger partial charge is 0.374 e. The molecule has 2 N–H and O–H groups in total. The van der Waals surface area contributed by atoms with Gasteiger partial charge >= 0.3 is 0 Å². The van der Waals surface area contributed by atoms with Gasteiger partial charge in [0.15, 0.2) is 0 Å². The van der Waals surface area contributed by atoms with Gasteiger partial charge in [0.2, 0.25) is 5.91 Å². The molecule has 4 nitrogen and oxygen atoms in total. The van der Waals surface area contributed by atoms with E-state index in [1.54, 1.807) is 24.4 Å². The van der Waals surface area contributed by atoms with Crippen molar-refractivity contribution in [1.29, 1.82) is 0 Å². The summed E-state index contributed by atoms with van der Waals surface area (Å²) in [6.45, 7) is 0.0958. The van der Waals surface area contributed by atoms with E-state index in [0.29, 0.717) is 15.7 Å². The topological polar surface area (TPSA) is 54.0 Å². The van der Waals surface area contributed by atoms with Crippen molar-refractivity contribution in [2.45, 2.75) is 0 Å². The minimum absolute atomic E-state index is 0.0958. The number of halogens is 2. The highest BCUT2D eigenvalue weighted by Crippen LogP contribution is 2.25. The number of nitrogens with zero attached hydrogens (tertiary/aromatic N) is 1. The molecule has 2 aromatic carbocycles. The van der Waals surface area contributed by atoms with Gasteiger partial charge in [-0.2, -0.15) is 0 Å². The molecule has 1 aromatic heterocycles. The van der Waals surface area contributed by atoms with Crippen LogP contribution in [0.25, 0.3) is 10.9 Å². The zero-order valence-corrected chi connectivity index (χ0v) is 13.5. The Morgan fingerprint density at radius 1 is 1.04 bits per heavy atom. The number of carbonyl (C=O) groups excluding carboxylic acids is 1. The number of benzene rings is 2. The van der Waals surface area contributed by atoms with Crippen molar-refractivity contribution in [3.8, 4) is 0 Å². The minimum atomic E-state index is -0.220. The van der Waals surface area contributed by atoms with Crippen LogP contribution in [0.5, 0.6) is 0 Å². The lowest BCUT2D eigenvalue weighted by molar-refractivity contribution is -0.114. The second-order valence-corrected chi connectivity index (χ2v) is 5.75. The van der Waals surface area contributed by atoms with Crippen molar-refractivity contribution in [3.05, 3.63) is 64.8 Å². The van der Waals surface area contributed by atoms with E-state index in [9.17, 15) is 4.79 Å². The molecular formula is C17H13Cl2N3O. The smallest absolute Gasteiger partial charge is 0.243 e. The van der Waals surface area contributed by atoms with Crippen LogP contribution < -0.4 is 10.6 Å². The maximum Gasteiger partial charge on any atom is 0.243 e. The van der Waals surface area contributed by atoms with Gasteiger partial charge in [-0.05, 0) is 30.3 Å². The third-order valence-corrected chi connectivity index (χ3v) is 3.84. The maximum atomic E-state index is 12.1. The van der Waals surface area contributed by atoms with Gasteiger partial charge in [-0.25, -0.2) is 0 Å². The number of pyridine rings is 1. The molecule has 0 radical (unpaired) electrons. The molecule has 23 heavy (non-hydrogen) atoms. The van der Waals surface area contributed by atoms with Gasteiger partial charge in [0, 0.05) is 16.6 Å². The van der Waals surface area contributed by atoms with Gasteiger partial charge in [-0.15, -0.1) is 0 Å². The molecule has 116 valence electrons. The summed E-state index contributed by atoms with van der Waals surface area (Å²) in [4.78, 5) is 16.4. The summed E-state index contributed by atoms with van der Waals surface area (Å²) < 4.78 is 0. The first kappa shape index (κ1) is 15.6. The molecule has 3 aromatic rings. The van der Waals surface area contributed by atoms with Crippen molar-refractivity contribution in [1.82, 2.24) is 4.98 Å². The second kappa shape index (κ2) is 6.86. The molecule has 0 bridgehead atoms. The number of anilines is 2. The fourth-order valence-electron chi connectivity index (χ4n) is 2.21. The Kier molecular flexibility index (Phi) is 4.65. The monoisotopic (exact) mass is 345 g/mol. The fraction of sp³-hybridized carbons (Fsp3) is 0.0588. The first-order valence-electron chi connectivity index (χ1n) is 6.96. The molecule has 0 spiro atoms. The van der Waals surface area contributed by atoms with Crippen LogP contribution in [0.2, 0.25) is 10.0 Å². The number of hydrogen-bond acceptors (Lipinski definition) is 3. The van der Waals surface area contributed by atoms with Gasteiger partial charge in [-0.1, -0.05) is 41.4 Å². The third-order valence-electron chi connectivity index (χ3n) is 3.27. The number of fused-ring (bicyclic) bond motifs is 1. The average Bonchev–Trinajstić information content (AvgIpc) is 2.56. The Bertz CT molecular complexity index is 862. The molecule has 0 unspecified atom stereocenters. The number of hydrogen-bond donors (Lipinski definition) is 2. The molecule has 6 heteroatoms. The summed E-state index contributed by atoms with van der Waals surface area (Å²) >= 11 is 11.9. The van der Waals surface area contributed by atoms with Crippen LogP contribution in [0.3, 0.4) is 0 Å². The van der Waals surface area contributed by atoms with Crippen LogP contribution in [0.1, 0.15) is 0 Å². The summed E-state index contributed by atoms with van der Waals surface area (Å²) in [6.07, 6.45) is 1.72. The highest BCUT2D eigenvalue weighted by atomic mass is 35.5. The Hall–Kier alpha value is -2.30.